The largest absolute Gasteiger partial charge is 0.238 e. The van der Waals surface area contributed by atoms with Gasteiger partial charge in [0, 0.05) is 11.3 Å². The lowest BCUT2D eigenvalue weighted by atomic mass is 10.2. The highest BCUT2D eigenvalue weighted by molar-refractivity contribution is 5.58. The van der Waals surface area contributed by atoms with Crippen molar-refractivity contribution >= 4 is 0 Å². The van der Waals surface area contributed by atoms with E-state index in [2.05, 4.69) is 41.4 Å². The maximum Gasteiger partial charge on any atom is 0.113 e. The summed E-state index contributed by atoms with van der Waals surface area (Å²) in [4.78, 5) is 0. The summed E-state index contributed by atoms with van der Waals surface area (Å²) in [5.74, 6) is 0. The fourth-order valence-electron chi connectivity index (χ4n) is 2.93. The molecule has 0 aliphatic heterocycles. The first-order chi connectivity index (χ1) is 12.3. The van der Waals surface area contributed by atoms with Crippen molar-refractivity contribution in [3.63, 3.8) is 0 Å². The summed E-state index contributed by atoms with van der Waals surface area (Å²) >= 11 is 0. The first-order valence-corrected chi connectivity index (χ1v) is 8.38. The van der Waals surface area contributed by atoms with Crippen LogP contribution in [0.3, 0.4) is 0 Å². The normalized spacial score (nSPS) is 11.0. The molecule has 0 radical (unpaired) electrons. The van der Waals surface area contributed by atoms with Crippen molar-refractivity contribution in [3.05, 3.63) is 78.2 Å². The SMILES string of the molecule is CCc1cnn(-c2ccc(-n3cc(-c4ccccc4)nn3)cc2)c1C. The molecule has 0 bridgehead atoms. The molecule has 2 heterocycles. The monoisotopic (exact) mass is 329 g/mol. The highest BCUT2D eigenvalue weighted by Crippen LogP contribution is 2.19. The van der Waals surface area contributed by atoms with E-state index in [-0.39, 0.29) is 0 Å². The Morgan fingerprint density at radius 2 is 1.64 bits per heavy atom. The number of aryl methyl sites for hydroxylation is 1. The van der Waals surface area contributed by atoms with E-state index in [0.717, 1.165) is 29.1 Å². The molecule has 0 saturated carbocycles. The summed E-state index contributed by atoms with van der Waals surface area (Å²) in [5.41, 5.74) is 6.39. The smallest absolute Gasteiger partial charge is 0.113 e. The highest BCUT2D eigenvalue weighted by Gasteiger charge is 2.08. The Morgan fingerprint density at radius 3 is 2.32 bits per heavy atom. The Balaban J connectivity index is 1.62. The summed E-state index contributed by atoms with van der Waals surface area (Å²) < 4.78 is 3.76. The first-order valence-electron chi connectivity index (χ1n) is 8.38. The molecule has 4 rings (SSSR count). The van der Waals surface area contributed by atoms with E-state index < -0.39 is 0 Å². The molecule has 0 amide bonds. The first kappa shape index (κ1) is 15.3. The van der Waals surface area contributed by atoms with Crippen LogP contribution in [-0.4, -0.2) is 24.8 Å². The Morgan fingerprint density at radius 1 is 0.920 bits per heavy atom. The zero-order chi connectivity index (χ0) is 17.2. The van der Waals surface area contributed by atoms with E-state index in [0.29, 0.717) is 0 Å². The molecule has 25 heavy (non-hydrogen) atoms. The quantitative estimate of drug-likeness (QED) is 0.569. The molecule has 0 spiro atoms. The van der Waals surface area contributed by atoms with Gasteiger partial charge >= 0.3 is 0 Å². The molecular weight excluding hydrogens is 310 g/mol. The predicted molar refractivity (Wildman–Crippen MR) is 98.0 cm³/mol. The van der Waals surface area contributed by atoms with Gasteiger partial charge in [0.25, 0.3) is 0 Å². The zero-order valence-electron chi connectivity index (χ0n) is 14.3. The van der Waals surface area contributed by atoms with E-state index in [9.17, 15) is 0 Å². The molecule has 0 fully saturated rings. The molecule has 5 nitrogen and oxygen atoms in total. The van der Waals surface area contributed by atoms with E-state index >= 15 is 0 Å². The predicted octanol–water partition coefficient (Wildman–Crippen LogP) is 3.99. The van der Waals surface area contributed by atoms with Crippen molar-refractivity contribution in [2.24, 2.45) is 0 Å². The highest BCUT2D eigenvalue weighted by atomic mass is 15.4. The molecular formula is C20H19N5. The second-order valence-electron chi connectivity index (χ2n) is 5.95. The molecule has 2 aromatic carbocycles. The number of nitrogens with zero attached hydrogens (tertiary/aromatic N) is 5. The summed E-state index contributed by atoms with van der Waals surface area (Å²) in [6.07, 6.45) is 4.87. The van der Waals surface area contributed by atoms with Crippen LogP contribution < -0.4 is 0 Å². The Kier molecular flexibility index (Phi) is 3.90. The number of hydrogen-bond acceptors (Lipinski definition) is 3. The third kappa shape index (κ3) is 2.85. The molecule has 0 aliphatic carbocycles. The summed E-state index contributed by atoms with van der Waals surface area (Å²) in [5, 5.41) is 13.0. The van der Waals surface area contributed by atoms with E-state index in [1.54, 1.807) is 4.68 Å². The maximum absolute atomic E-state index is 4.48. The summed E-state index contributed by atoms with van der Waals surface area (Å²) in [6.45, 7) is 4.25. The van der Waals surface area contributed by atoms with Crippen molar-refractivity contribution in [2.75, 3.05) is 0 Å². The number of aromatic nitrogens is 5. The number of hydrogen-bond donors (Lipinski definition) is 0. The van der Waals surface area contributed by atoms with Gasteiger partial charge in [-0.15, -0.1) is 5.10 Å². The van der Waals surface area contributed by atoms with Gasteiger partial charge in [-0.3, -0.25) is 0 Å². The second-order valence-corrected chi connectivity index (χ2v) is 5.95. The molecule has 4 aromatic rings. The standard InChI is InChI=1S/C20H19N5/c1-3-16-13-21-25(15(16)2)19-11-9-18(10-12-19)24-14-20(22-23-24)17-7-5-4-6-8-17/h4-14H,3H2,1-2H3. The topological polar surface area (TPSA) is 48.5 Å². The minimum atomic E-state index is 0.861. The van der Waals surface area contributed by atoms with E-state index in [4.69, 9.17) is 0 Å². The van der Waals surface area contributed by atoms with Crippen molar-refractivity contribution in [1.82, 2.24) is 24.8 Å². The van der Waals surface area contributed by atoms with Gasteiger partial charge in [0.2, 0.25) is 0 Å². The average Bonchev–Trinajstić information content (AvgIpc) is 3.29. The minimum absolute atomic E-state index is 0.861. The lowest BCUT2D eigenvalue weighted by Crippen LogP contribution is -2.01. The van der Waals surface area contributed by atoms with Gasteiger partial charge in [-0.2, -0.15) is 5.10 Å². The Hall–Kier alpha value is -3.21. The van der Waals surface area contributed by atoms with Gasteiger partial charge in [0.15, 0.2) is 0 Å². The third-order valence-corrected chi connectivity index (χ3v) is 4.41. The second kappa shape index (κ2) is 6.36. The van der Waals surface area contributed by atoms with Crippen LogP contribution in [0.5, 0.6) is 0 Å². The van der Waals surface area contributed by atoms with Crippen molar-refractivity contribution in [3.8, 4) is 22.6 Å². The van der Waals surface area contributed by atoms with E-state index in [1.165, 1.54) is 11.3 Å². The molecule has 0 saturated heterocycles. The van der Waals surface area contributed by atoms with Gasteiger partial charge in [-0.1, -0.05) is 42.5 Å². The van der Waals surface area contributed by atoms with Gasteiger partial charge in [-0.25, -0.2) is 9.36 Å². The van der Waals surface area contributed by atoms with Gasteiger partial charge in [0.05, 0.1) is 23.8 Å². The van der Waals surface area contributed by atoms with Crippen LogP contribution >= 0.6 is 0 Å². The van der Waals surface area contributed by atoms with Gasteiger partial charge in [-0.05, 0) is 43.2 Å². The van der Waals surface area contributed by atoms with Crippen LogP contribution in [0.25, 0.3) is 22.6 Å². The van der Waals surface area contributed by atoms with Crippen LogP contribution in [0.4, 0.5) is 0 Å². The number of rotatable bonds is 4. The van der Waals surface area contributed by atoms with Crippen molar-refractivity contribution in [1.29, 1.82) is 0 Å². The molecule has 0 atom stereocenters. The summed E-state index contributed by atoms with van der Waals surface area (Å²) in [7, 11) is 0. The van der Waals surface area contributed by atoms with Crippen LogP contribution in [0.15, 0.2) is 67.0 Å². The molecule has 0 aliphatic rings. The van der Waals surface area contributed by atoms with Crippen LogP contribution in [0.2, 0.25) is 0 Å². The minimum Gasteiger partial charge on any atom is -0.238 e. The number of benzene rings is 2. The van der Waals surface area contributed by atoms with Crippen LogP contribution in [0, 0.1) is 6.92 Å². The Bertz CT molecular complexity index is 981. The van der Waals surface area contributed by atoms with Crippen LogP contribution in [0.1, 0.15) is 18.2 Å². The fourth-order valence-corrected chi connectivity index (χ4v) is 2.93. The summed E-state index contributed by atoms with van der Waals surface area (Å²) in [6, 6.07) is 18.2. The fraction of sp³-hybridized carbons (Fsp3) is 0.150. The molecule has 2 aromatic heterocycles. The molecule has 0 unspecified atom stereocenters. The van der Waals surface area contributed by atoms with E-state index in [1.807, 2.05) is 59.5 Å². The molecule has 0 N–H and O–H groups in total. The van der Waals surface area contributed by atoms with Crippen LogP contribution in [-0.2, 0) is 6.42 Å². The van der Waals surface area contributed by atoms with Crippen molar-refractivity contribution in [2.45, 2.75) is 20.3 Å². The average molecular weight is 329 g/mol. The van der Waals surface area contributed by atoms with Crippen molar-refractivity contribution < 1.29 is 0 Å². The van der Waals surface area contributed by atoms with Gasteiger partial charge < -0.3 is 0 Å². The lowest BCUT2D eigenvalue weighted by Gasteiger charge is -2.06. The maximum atomic E-state index is 4.48. The molecule has 124 valence electrons. The van der Waals surface area contributed by atoms with Gasteiger partial charge in [0.1, 0.15) is 5.69 Å². The lowest BCUT2D eigenvalue weighted by molar-refractivity contribution is 0.800. The third-order valence-electron chi connectivity index (χ3n) is 4.41. The zero-order valence-corrected chi connectivity index (χ0v) is 14.3. The Labute approximate surface area is 146 Å². The molecule has 5 heteroatoms.